The van der Waals surface area contributed by atoms with Gasteiger partial charge in [-0.15, -0.1) is 0 Å². The number of para-hydroxylation sites is 1. The molecule has 42 heavy (non-hydrogen) atoms. The Morgan fingerprint density at radius 2 is 1.81 bits per heavy atom. The largest absolute Gasteiger partial charge is 0.472 e. The maximum Gasteiger partial charge on any atom is 0.472 e. The fourth-order valence-corrected chi connectivity index (χ4v) is 4.58. The van der Waals surface area contributed by atoms with Crippen molar-refractivity contribution in [2.24, 2.45) is 5.92 Å². The molecule has 0 fully saturated rings. The van der Waals surface area contributed by atoms with Crippen molar-refractivity contribution in [1.82, 2.24) is 26.3 Å². The zero-order chi connectivity index (χ0) is 31.0. The highest BCUT2D eigenvalue weighted by molar-refractivity contribution is 7.47. The van der Waals surface area contributed by atoms with Crippen molar-refractivity contribution in [2.45, 2.75) is 45.2 Å². The molecule has 4 atom stereocenters. The normalized spacial score (nSPS) is 14.5. The quantitative estimate of drug-likeness (QED) is 0.0644. The zero-order valence-corrected chi connectivity index (χ0v) is 24.4. The van der Waals surface area contributed by atoms with E-state index in [2.05, 4.69) is 31.0 Å². The van der Waals surface area contributed by atoms with Gasteiger partial charge >= 0.3 is 7.82 Å². The van der Waals surface area contributed by atoms with Gasteiger partial charge in [-0.05, 0) is 24.0 Å². The predicted octanol–water partition coefficient (Wildman–Crippen LogP) is 0.285. The Balaban J connectivity index is 1.80. The van der Waals surface area contributed by atoms with Gasteiger partial charge in [0.25, 0.3) is 6.47 Å². The third-order valence-electron chi connectivity index (χ3n) is 6.29. The summed E-state index contributed by atoms with van der Waals surface area (Å²) in [5, 5.41) is 10.9. The van der Waals surface area contributed by atoms with Crippen LogP contribution in [0.1, 0.15) is 32.3 Å². The van der Waals surface area contributed by atoms with Crippen LogP contribution in [0.15, 0.2) is 30.5 Å². The Bertz CT molecular complexity index is 1240. The molecule has 0 bridgehead atoms. The van der Waals surface area contributed by atoms with Gasteiger partial charge in [0.15, 0.2) is 0 Å². The van der Waals surface area contributed by atoms with Crippen molar-refractivity contribution in [2.75, 3.05) is 32.9 Å². The van der Waals surface area contributed by atoms with Crippen molar-refractivity contribution < 1.29 is 47.2 Å². The second-order valence-electron chi connectivity index (χ2n) is 9.30. The van der Waals surface area contributed by atoms with Crippen molar-refractivity contribution in [3.63, 3.8) is 0 Å². The number of carbonyl (C=O) groups excluding carboxylic acids is 5. The van der Waals surface area contributed by atoms with E-state index in [0.717, 1.165) is 16.5 Å². The molecule has 4 amide bonds. The molecule has 2 rings (SSSR count). The first-order valence-electron chi connectivity index (χ1n) is 13.4. The van der Waals surface area contributed by atoms with Gasteiger partial charge in [-0.2, -0.15) is 0 Å². The molecule has 232 valence electrons. The van der Waals surface area contributed by atoms with Gasteiger partial charge in [0.2, 0.25) is 24.1 Å². The van der Waals surface area contributed by atoms with Crippen LogP contribution in [0.2, 0.25) is 0 Å². The number of hydrogen-bond acceptors (Lipinski definition) is 9. The number of phosphoric acid groups is 1. The van der Waals surface area contributed by atoms with Crippen LogP contribution < -0.4 is 21.3 Å². The van der Waals surface area contributed by atoms with Crippen molar-refractivity contribution in [1.29, 1.82) is 0 Å². The summed E-state index contributed by atoms with van der Waals surface area (Å²) in [5.74, 6) is -1.71. The average molecular weight is 612 g/mol. The van der Waals surface area contributed by atoms with Crippen LogP contribution in [-0.4, -0.2) is 85.5 Å². The summed E-state index contributed by atoms with van der Waals surface area (Å²) >= 11 is 0. The number of aromatic amines is 1. The highest BCUT2D eigenvalue weighted by atomic mass is 31.2. The lowest BCUT2D eigenvalue weighted by Crippen LogP contribution is -2.51. The van der Waals surface area contributed by atoms with E-state index in [1.54, 1.807) is 6.20 Å². The first-order chi connectivity index (χ1) is 20.1. The standard InChI is InChI=1S/C26H38N5O10P/c1-3-18(2)24(31-23(34)13-19-14-29-21-8-5-4-7-20(19)21)26(36)28-10-12-40-42(37,38)41-15-22(30-16-32)25(35)27-9-6-11-39-17-33/h4-5,7-8,14,16-18,22,24,29H,3,6,9-13,15H2,1-2H3,(H,27,35)(H,28,36)(H,30,32)(H,31,34)(H,37,38)/t18-,22-,24-/m0/s1. The van der Waals surface area contributed by atoms with E-state index < -0.39 is 44.9 Å². The van der Waals surface area contributed by atoms with Crippen LogP contribution in [-0.2, 0) is 48.7 Å². The maximum absolute atomic E-state index is 12.9. The Kier molecular flexibility index (Phi) is 14.7. The van der Waals surface area contributed by atoms with Crippen LogP contribution >= 0.6 is 7.82 Å². The molecule has 0 aliphatic carbocycles. The van der Waals surface area contributed by atoms with Gasteiger partial charge in [-0.25, -0.2) is 4.57 Å². The summed E-state index contributed by atoms with van der Waals surface area (Å²) in [6, 6.07) is 5.43. The minimum absolute atomic E-state index is 0.0743. The fraction of sp³-hybridized carbons (Fsp3) is 0.500. The first-order valence-corrected chi connectivity index (χ1v) is 14.9. The molecule has 6 N–H and O–H groups in total. The topological polar surface area (TPSA) is 214 Å². The molecule has 0 saturated heterocycles. The van der Waals surface area contributed by atoms with Crippen molar-refractivity contribution in [3.05, 3.63) is 36.0 Å². The van der Waals surface area contributed by atoms with Gasteiger partial charge < -0.3 is 35.9 Å². The van der Waals surface area contributed by atoms with Gasteiger partial charge in [-0.1, -0.05) is 38.5 Å². The van der Waals surface area contributed by atoms with Gasteiger partial charge in [0.05, 0.1) is 26.2 Å². The second kappa shape index (κ2) is 17.9. The molecule has 1 unspecified atom stereocenters. The predicted molar refractivity (Wildman–Crippen MR) is 151 cm³/mol. The van der Waals surface area contributed by atoms with Crippen LogP contribution in [0.25, 0.3) is 10.9 Å². The van der Waals surface area contributed by atoms with E-state index in [9.17, 15) is 33.4 Å². The molecular formula is C26H38N5O10P. The summed E-state index contributed by atoms with van der Waals surface area (Å²) in [4.78, 5) is 71.8. The zero-order valence-electron chi connectivity index (χ0n) is 23.5. The molecule has 0 aliphatic rings. The van der Waals surface area contributed by atoms with E-state index in [1.165, 1.54) is 0 Å². The molecule has 15 nitrogen and oxygen atoms in total. The molecule has 0 aliphatic heterocycles. The maximum atomic E-state index is 12.9. The summed E-state index contributed by atoms with van der Waals surface area (Å²) in [6.07, 6.45) is 2.99. The molecule has 16 heteroatoms. The number of carbonyl (C=O) groups is 5. The van der Waals surface area contributed by atoms with Crippen molar-refractivity contribution in [3.8, 4) is 0 Å². The van der Waals surface area contributed by atoms with E-state index in [0.29, 0.717) is 12.8 Å². The lowest BCUT2D eigenvalue weighted by Gasteiger charge is -2.23. The number of H-pyrrole nitrogens is 1. The number of rotatable bonds is 21. The molecule has 1 aromatic carbocycles. The monoisotopic (exact) mass is 611 g/mol. The Morgan fingerprint density at radius 1 is 1.07 bits per heavy atom. The van der Waals surface area contributed by atoms with Crippen LogP contribution in [0.5, 0.6) is 0 Å². The first kappa shape index (κ1) is 34.4. The summed E-state index contributed by atoms with van der Waals surface area (Å²) in [6.45, 7) is 2.92. The van der Waals surface area contributed by atoms with E-state index in [-0.39, 0.29) is 50.8 Å². The molecule has 1 heterocycles. The molecule has 2 aromatic rings. The number of amides is 4. The average Bonchev–Trinajstić information content (AvgIpc) is 3.38. The number of nitrogens with one attached hydrogen (secondary N) is 5. The molecule has 0 spiro atoms. The third-order valence-corrected chi connectivity index (χ3v) is 7.27. The summed E-state index contributed by atoms with van der Waals surface area (Å²) < 4.78 is 26.4. The molecule has 0 saturated carbocycles. The molecule has 1 aromatic heterocycles. The van der Waals surface area contributed by atoms with Crippen LogP contribution in [0.4, 0.5) is 0 Å². The van der Waals surface area contributed by atoms with Gasteiger partial charge in [0.1, 0.15) is 12.1 Å². The molecular weight excluding hydrogens is 573 g/mol. The summed E-state index contributed by atoms with van der Waals surface area (Å²) in [5.41, 5.74) is 1.70. The lowest BCUT2D eigenvalue weighted by atomic mass is 9.98. The Morgan fingerprint density at radius 3 is 2.52 bits per heavy atom. The Hall–Kier alpha value is -3.78. The fourth-order valence-electron chi connectivity index (χ4n) is 3.85. The second-order valence-corrected chi connectivity index (χ2v) is 10.8. The molecule has 0 radical (unpaired) electrons. The summed E-state index contributed by atoms with van der Waals surface area (Å²) in [7, 11) is -4.65. The number of benzene rings is 1. The van der Waals surface area contributed by atoms with E-state index >= 15 is 0 Å². The minimum atomic E-state index is -4.65. The van der Waals surface area contributed by atoms with Gasteiger partial charge in [-0.3, -0.25) is 33.0 Å². The minimum Gasteiger partial charge on any atom is -0.468 e. The van der Waals surface area contributed by atoms with Crippen LogP contribution in [0, 0.1) is 5.92 Å². The van der Waals surface area contributed by atoms with E-state index in [4.69, 9.17) is 9.05 Å². The number of phosphoric ester groups is 1. The van der Waals surface area contributed by atoms with E-state index in [1.807, 2.05) is 38.1 Å². The van der Waals surface area contributed by atoms with Gasteiger partial charge in [0, 0.05) is 30.2 Å². The SMILES string of the molecule is CC[C@H](C)[C@H](NC(=O)Cc1c[nH]c2ccccc12)C(=O)NCCOP(=O)(O)OC[C@H](NC=O)C(=O)NCCCOC=O. The van der Waals surface area contributed by atoms with Crippen LogP contribution in [0.3, 0.4) is 0 Å². The number of fused-ring (bicyclic) bond motifs is 1. The third kappa shape index (κ3) is 11.6. The number of ether oxygens (including phenoxy) is 1. The highest BCUT2D eigenvalue weighted by Gasteiger charge is 2.28. The highest BCUT2D eigenvalue weighted by Crippen LogP contribution is 2.42. The van der Waals surface area contributed by atoms with Crippen molar-refractivity contribution >= 4 is 49.3 Å². The number of aromatic nitrogens is 1. The Labute approximate surface area is 243 Å². The number of hydrogen-bond donors (Lipinski definition) is 6. The lowest BCUT2D eigenvalue weighted by molar-refractivity contribution is -0.130. The smallest absolute Gasteiger partial charge is 0.468 e.